The van der Waals surface area contributed by atoms with E-state index in [1.54, 1.807) is 0 Å². The van der Waals surface area contributed by atoms with Crippen molar-refractivity contribution in [1.82, 2.24) is 0 Å². The van der Waals surface area contributed by atoms with Crippen LogP contribution in [-0.2, 0) is 0 Å². The molecule has 0 aliphatic heterocycles. The molecule has 0 amide bonds. The lowest BCUT2D eigenvalue weighted by Crippen LogP contribution is -2.37. The van der Waals surface area contributed by atoms with E-state index < -0.39 is 9.28 Å². The minimum absolute atomic E-state index is 0.220. The molecule has 2 nitrogen and oxygen atoms in total. The van der Waals surface area contributed by atoms with Crippen molar-refractivity contribution in [3.05, 3.63) is 60.7 Å². The molecule has 1 unspecified atom stereocenters. The Balaban J connectivity index is 2.05. The quantitative estimate of drug-likeness (QED) is 0.617. The summed E-state index contributed by atoms with van der Waals surface area (Å²) in [5.74, 6) is 1.72. The van der Waals surface area contributed by atoms with Gasteiger partial charge in [-0.2, -0.15) is 0 Å². The average molecular weight is 323 g/mol. The number of halogens is 1. The van der Waals surface area contributed by atoms with Gasteiger partial charge in [-0.25, -0.2) is 0 Å². The highest BCUT2D eigenvalue weighted by atomic mass is 79.9. The molecular weight excluding hydrogens is 308 g/mol. The van der Waals surface area contributed by atoms with Crippen molar-refractivity contribution in [3.63, 3.8) is 0 Å². The minimum Gasteiger partial charge on any atom is -0.513 e. The second-order valence-electron chi connectivity index (χ2n) is 3.91. The maximum Gasteiger partial charge on any atom is 0.458 e. The van der Waals surface area contributed by atoms with Crippen LogP contribution in [0.1, 0.15) is 6.92 Å². The van der Waals surface area contributed by atoms with Gasteiger partial charge in [-0.1, -0.05) is 52.3 Å². The van der Waals surface area contributed by atoms with Gasteiger partial charge in [0.1, 0.15) is 11.5 Å². The first-order valence-corrected chi connectivity index (χ1v) is 8.36. The lowest BCUT2D eigenvalue weighted by Gasteiger charge is -2.20. The van der Waals surface area contributed by atoms with E-state index in [0.29, 0.717) is 0 Å². The van der Waals surface area contributed by atoms with Crippen molar-refractivity contribution in [2.45, 2.75) is 11.4 Å². The summed E-state index contributed by atoms with van der Waals surface area (Å²) in [7, 11) is -1.84. The van der Waals surface area contributed by atoms with Crippen molar-refractivity contribution in [3.8, 4) is 11.5 Å². The van der Waals surface area contributed by atoms with E-state index in [1.165, 1.54) is 0 Å². The maximum absolute atomic E-state index is 5.95. The summed E-state index contributed by atoms with van der Waals surface area (Å²) in [6.45, 7) is 2.06. The Morgan fingerprint density at radius 1 is 0.833 bits per heavy atom. The van der Waals surface area contributed by atoms with Gasteiger partial charge in [0.2, 0.25) is 0 Å². The Labute approximate surface area is 118 Å². The van der Waals surface area contributed by atoms with E-state index in [2.05, 4.69) is 22.9 Å². The van der Waals surface area contributed by atoms with Crippen LogP contribution >= 0.6 is 15.9 Å². The number of alkyl halides is 1. The number of rotatable bonds is 5. The van der Waals surface area contributed by atoms with Gasteiger partial charge in [-0.3, -0.25) is 0 Å². The molecule has 18 heavy (non-hydrogen) atoms. The molecule has 0 radical (unpaired) electrons. The Morgan fingerprint density at radius 3 is 1.56 bits per heavy atom. The Bertz CT molecular complexity index is 420. The zero-order valence-corrected chi connectivity index (χ0v) is 12.9. The molecule has 2 rings (SSSR count). The van der Waals surface area contributed by atoms with Crippen LogP contribution in [0.2, 0.25) is 0 Å². The smallest absolute Gasteiger partial charge is 0.458 e. The molecule has 4 heteroatoms. The van der Waals surface area contributed by atoms with Crippen LogP contribution < -0.4 is 8.85 Å². The van der Waals surface area contributed by atoms with Gasteiger partial charge >= 0.3 is 9.28 Å². The number of hydrogen-bond donors (Lipinski definition) is 0. The third kappa shape index (κ3) is 3.89. The molecule has 2 aromatic rings. The highest BCUT2D eigenvalue weighted by Gasteiger charge is 2.23. The Hall–Kier alpha value is -1.26. The summed E-state index contributed by atoms with van der Waals surface area (Å²) in [5.41, 5.74) is 0. The molecule has 1 atom stereocenters. The van der Waals surface area contributed by atoms with Crippen molar-refractivity contribution < 1.29 is 8.85 Å². The van der Waals surface area contributed by atoms with Crippen LogP contribution in [0.15, 0.2) is 60.7 Å². The number of benzene rings is 2. The SMILES string of the molecule is CC(Br)[SiH](Oc1ccccc1)Oc1ccccc1. The molecule has 0 saturated heterocycles. The molecule has 0 aliphatic rings. The van der Waals surface area contributed by atoms with Gasteiger partial charge in [0.15, 0.2) is 0 Å². The van der Waals surface area contributed by atoms with Crippen LogP contribution in [0.5, 0.6) is 11.5 Å². The van der Waals surface area contributed by atoms with E-state index in [0.717, 1.165) is 11.5 Å². The van der Waals surface area contributed by atoms with Gasteiger partial charge in [-0.05, 0) is 31.2 Å². The average Bonchev–Trinajstić information content (AvgIpc) is 2.40. The van der Waals surface area contributed by atoms with Gasteiger partial charge in [0.05, 0.1) is 4.45 Å². The fraction of sp³-hybridized carbons (Fsp3) is 0.143. The lowest BCUT2D eigenvalue weighted by molar-refractivity contribution is 0.421. The molecule has 0 bridgehead atoms. The summed E-state index contributed by atoms with van der Waals surface area (Å²) >= 11 is 3.57. The predicted octanol–water partition coefficient (Wildman–Crippen LogP) is 3.69. The van der Waals surface area contributed by atoms with Crippen LogP contribution in [0.3, 0.4) is 0 Å². The minimum atomic E-state index is -1.84. The van der Waals surface area contributed by atoms with Crippen molar-refractivity contribution in [2.75, 3.05) is 0 Å². The van der Waals surface area contributed by atoms with E-state index in [-0.39, 0.29) is 4.45 Å². The third-order valence-corrected chi connectivity index (χ3v) is 5.42. The lowest BCUT2D eigenvalue weighted by atomic mass is 10.3. The molecular formula is C14H15BrO2Si. The molecule has 0 fully saturated rings. The second-order valence-corrected chi connectivity index (χ2v) is 8.54. The predicted molar refractivity (Wildman–Crippen MR) is 79.7 cm³/mol. The molecule has 0 N–H and O–H groups in total. The fourth-order valence-corrected chi connectivity index (χ4v) is 3.40. The first-order valence-electron chi connectivity index (χ1n) is 5.83. The summed E-state index contributed by atoms with van der Waals surface area (Å²) in [6, 6.07) is 19.6. The Kier molecular flexibility index (Phi) is 4.84. The Morgan fingerprint density at radius 2 is 1.22 bits per heavy atom. The zero-order chi connectivity index (χ0) is 12.8. The molecule has 0 saturated carbocycles. The summed E-state index contributed by atoms with van der Waals surface area (Å²) in [6.07, 6.45) is 0. The molecule has 94 valence electrons. The summed E-state index contributed by atoms with van der Waals surface area (Å²) in [4.78, 5) is 0. The molecule has 0 aliphatic carbocycles. The largest absolute Gasteiger partial charge is 0.513 e. The monoisotopic (exact) mass is 322 g/mol. The van der Waals surface area contributed by atoms with Crippen molar-refractivity contribution in [1.29, 1.82) is 0 Å². The number of hydrogen-bond acceptors (Lipinski definition) is 2. The van der Waals surface area contributed by atoms with E-state index in [1.807, 2.05) is 60.7 Å². The molecule has 0 heterocycles. The number of para-hydroxylation sites is 2. The molecule has 2 aromatic carbocycles. The van der Waals surface area contributed by atoms with Gasteiger partial charge in [0, 0.05) is 0 Å². The normalized spacial score (nSPS) is 12.2. The van der Waals surface area contributed by atoms with Gasteiger partial charge in [0.25, 0.3) is 0 Å². The van der Waals surface area contributed by atoms with Gasteiger partial charge < -0.3 is 8.85 Å². The van der Waals surface area contributed by atoms with Crippen LogP contribution in [-0.4, -0.2) is 13.7 Å². The third-order valence-electron chi connectivity index (χ3n) is 2.37. The fourth-order valence-electron chi connectivity index (χ4n) is 1.48. The first-order chi connectivity index (χ1) is 8.75. The first kappa shape index (κ1) is 13.2. The van der Waals surface area contributed by atoms with E-state index in [9.17, 15) is 0 Å². The van der Waals surface area contributed by atoms with Crippen molar-refractivity contribution >= 4 is 25.2 Å². The van der Waals surface area contributed by atoms with Crippen LogP contribution in [0, 0.1) is 0 Å². The topological polar surface area (TPSA) is 18.5 Å². The van der Waals surface area contributed by atoms with E-state index in [4.69, 9.17) is 8.85 Å². The highest BCUT2D eigenvalue weighted by Crippen LogP contribution is 2.17. The summed E-state index contributed by atoms with van der Waals surface area (Å²) in [5, 5.41) is 0. The summed E-state index contributed by atoms with van der Waals surface area (Å²) < 4.78 is 12.1. The molecule has 0 aromatic heterocycles. The van der Waals surface area contributed by atoms with Crippen molar-refractivity contribution in [2.24, 2.45) is 0 Å². The molecule has 0 spiro atoms. The highest BCUT2D eigenvalue weighted by molar-refractivity contribution is 9.10. The maximum atomic E-state index is 5.95. The van der Waals surface area contributed by atoms with E-state index >= 15 is 0 Å². The van der Waals surface area contributed by atoms with Crippen LogP contribution in [0.4, 0.5) is 0 Å². The standard InChI is InChI=1S/C14H15BrO2Si/c1-12(15)18(16-13-8-4-2-5-9-13)17-14-10-6-3-7-11-14/h2-12,18H,1H3. The van der Waals surface area contributed by atoms with Gasteiger partial charge in [-0.15, -0.1) is 0 Å². The second kappa shape index (κ2) is 6.61. The zero-order valence-electron chi connectivity index (χ0n) is 10.1. The van der Waals surface area contributed by atoms with Crippen LogP contribution in [0.25, 0.3) is 0 Å².